The highest BCUT2D eigenvalue weighted by Gasteiger charge is 2.18. The molecule has 0 aliphatic rings. The van der Waals surface area contributed by atoms with Crippen molar-refractivity contribution in [2.24, 2.45) is 0 Å². The van der Waals surface area contributed by atoms with E-state index in [4.69, 9.17) is 9.84 Å². The molecule has 2 rings (SSSR count). The summed E-state index contributed by atoms with van der Waals surface area (Å²) in [6.45, 7) is -0.348. The standard InChI is InChI=1S/C13H9FN2O5/c14-12-8(2-1-3-10(12)16(19)20)7-21-11-6-15-5-4-9(11)13(17)18/h1-6H,7H2,(H,17,18). The molecule has 0 saturated carbocycles. The zero-order valence-electron chi connectivity index (χ0n) is 10.5. The van der Waals surface area contributed by atoms with Crippen molar-refractivity contribution in [1.29, 1.82) is 0 Å². The molecule has 1 aromatic heterocycles. The molecule has 0 bridgehead atoms. The van der Waals surface area contributed by atoms with Gasteiger partial charge in [0.25, 0.3) is 0 Å². The summed E-state index contributed by atoms with van der Waals surface area (Å²) >= 11 is 0. The van der Waals surface area contributed by atoms with E-state index in [1.807, 2.05) is 0 Å². The minimum atomic E-state index is -1.22. The van der Waals surface area contributed by atoms with Gasteiger partial charge in [-0.2, -0.15) is 4.39 Å². The molecule has 0 amide bonds. The second-order valence-electron chi connectivity index (χ2n) is 3.97. The number of carboxylic acids is 1. The Morgan fingerprint density at radius 1 is 1.43 bits per heavy atom. The van der Waals surface area contributed by atoms with Crippen LogP contribution < -0.4 is 4.74 Å². The van der Waals surface area contributed by atoms with Crippen molar-refractivity contribution in [1.82, 2.24) is 4.98 Å². The van der Waals surface area contributed by atoms with Crippen molar-refractivity contribution in [3.05, 3.63) is 63.7 Å². The molecule has 0 aliphatic heterocycles. The van der Waals surface area contributed by atoms with Gasteiger partial charge in [0.15, 0.2) is 5.75 Å². The van der Waals surface area contributed by atoms with Crippen LogP contribution in [-0.4, -0.2) is 21.0 Å². The largest absolute Gasteiger partial charge is 0.486 e. The topological polar surface area (TPSA) is 103 Å². The predicted molar refractivity (Wildman–Crippen MR) is 68.6 cm³/mol. The number of halogens is 1. The number of pyridine rings is 1. The fourth-order valence-electron chi connectivity index (χ4n) is 1.65. The molecule has 0 saturated heterocycles. The second-order valence-corrected chi connectivity index (χ2v) is 3.97. The molecule has 108 valence electrons. The molecule has 8 heteroatoms. The molecular formula is C13H9FN2O5. The molecule has 21 heavy (non-hydrogen) atoms. The van der Waals surface area contributed by atoms with Gasteiger partial charge in [-0.15, -0.1) is 0 Å². The van der Waals surface area contributed by atoms with Gasteiger partial charge in [-0.05, 0) is 6.07 Å². The minimum absolute atomic E-state index is 0.0455. The summed E-state index contributed by atoms with van der Waals surface area (Å²) in [6.07, 6.45) is 2.46. The molecule has 1 N–H and O–H groups in total. The molecule has 2 aromatic rings. The van der Waals surface area contributed by atoms with Gasteiger partial charge in [-0.25, -0.2) is 4.79 Å². The van der Waals surface area contributed by atoms with Crippen LogP contribution in [-0.2, 0) is 6.61 Å². The normalized spacial score (nSPS) is 10.1. The lowest BCUT2D eigenvalue weighted by Gasteiger charge is -2.09. The van der Waals surface area contributed by atoms with Crippen LogP contribution in [0.3, 0.4) is 0 Å². The first-order chi connectivity index (χ1) is 10.0. The third kappa shape index (κ3) is 3.11. The summed E-state index contributed by atoms with van der Waals surface area (Å²) in [4.78, 5) is 24.5. The maximum Gasteiger partial charge on any atom is 0.339 e. The SMILES string of the molecule is O=C(O)c1ccncc1OCc1cccc([N+](=O)[O-])c1F. The Bertz CT molecular complexity index is 705. The molecule has 0 spiro atoms. The number of aromatic carboxylic acids is 1. The van der Waals surface area contributed by atoms with Crippen LogP contribution in [0.4, 0.5) is 10.1 Å². The van der Waals surface area contributed by atoms with Gasteiger partial charge in [0.2, 0.25) is 5.82 Å². The average molecular weight is 292 g/mol. The lowest BCUT2D eigenvalue weighted by atomic mass is 10.2. The number of nitro benzene ring substituents is 1. The van der Waals surface area contributed by atoms with Crippen LogP contribution in [0, 0.1) is 15.9 Å². The van der Waals surface area contributed by atoms with E-state index >= 15 is 0 Å². The van der Waals surface area contributed by atoms with Gasteiger partial charge in [-0.1, -0.05) is 12.1 Å². The lowest BCUT2D eigenvalue weighted by Crippen LogP contribution is -2.06. The molecule has 0 aliphatic carbocycles. The Morgan fingerprint density at radius 2 is 2.19 bits per heavy atom. The number of aromatic nitrogens is 1. The summed E-state index contributed by atoms with van der Waals surface area (Å²) in [5.41, 5.74) is -0.846. The molecular weight excluding hydrogens is 283 g/mol. The summed E-state index contributed by atoms with van der Waals surface area (Å²) in [5.74, 6) is -2.27. The summed E-state index contributed by atoms with van der Waals surface area (Å²) < 4.78 is 19.0. The summed E-state index contributed by atoms with van der Waals surface area (Å²) in [7, 11) is 0. The highest BCUT2D eigenvalue weighted by Crippen LogP contribution is 2.23. The van der Waals surface area contributed by atoms with Crippen LogP contribution >= 0.6 is 0 Å². The molecule has 0 radical (unpaired) electrons. The number of nitrogens with zero attached hydrogens (tertiary/aromatic N) is 2. The number of carboxylic acid groups (broad SMARTS) is 1. The number of ether oxygens (including phenoxy) is 1. The first-order valence-electron chi connectivity index (χ1n) is 5.72. The van der Waals surface area contributed by atoms with Crippen molar-refractivity contribution < 1.29 is 24.0 Å². The Kier molecular flexibility index (Phi) is 4.07. The van der Waals surface area contributed by atoms with E-state index in [1.165, 1.54) is 30.6 Å². The highest BCUT2D eigenvalue weighted by atomic mass is 19.1. The number of carbonyl (C=O) groups is 1. The molecule has 1 heterocycles. The fraction of sp³-hybridized carbons (Fsp3) is 0.0769. The number of benzene rings is 1. The van der Waals surface area contributed by atoms with Crippen molar-refractivity contribution in [3.8, 4) is 5.75 Å². The number of hydrogen-bond acceptors (Lipinski definition) is 5. The van der Waals surface area contributed by atoms with Crippen LogP contribution in [0.2, 0.25) is 0 Å². The van der Waals surface area contributed by atoms with Gasteiger partial charge >= 0.3 is 11.7 Å². The van der Waals surface area contributed by atoms with E-state index in [1.54, 1.807) is 0 Å². The number of hydrogen-bond donors (Lipinski definition) is 1. The van der Waals surface area contributed by atoms with Crippen molar-refractivity contribution in [2.75, 3.05) is 0 Å². The summed E-state index contributed by atoms with van der Waals surface area (Å²) in [6, 6.07) is 4.91. The van der Waals surface area contributed by atoms with Gasteiger partial charge in [0.1, 0.15) is 12.2 Å². The first kappa shape index (κ1) is 14.4. The van der Waals surface area contributed by atoms with E-state index in [0.29, 0.717) is 0 Å². The molecule has 0 unspecified atom stereocenters. The summed E-state index contributed by atoms with van der Waals surface area (Å²) in [5, 5.41) is 19.6. The quantitative estimate of drug-likeness (QED) is 0.670. The Hall–Kier alpha value is -3.03. The van der Waals surface area contributed by atoms with Crippen LogP contribution in [0.5, 0.6) is 5.75 Å². The predicted octanol–water partition coefficient (Wildman–Crippen LogP) is 2.41. The maximum atomic E-state index is 13.8. The minimum Gasteiger partial charge on any atom is -0.486 e. The third-order valence-corrected chi connectivity index (χ3v) is 2.65. The molecule has 0 fully saturated rings. The highest BCUT2D eigenvalue weighted by molar-refractivity contribution is 5.90. The van der Waals surface area contributed by atoms with Crippen molar-refractivity contribution in [3.63, 3.8) is 0 Å². The Balaban J connectivity index is 2.23. The van der Waals surface area contributed by atoms with Gasteiger partial charge < -0.3 is 9.84 Å². The van der Waals surface area contributed by atoms with Crippen LogP contribution in [0.1, 0.15) is 15.9 Å². The van der Waals surface area contributed by atoms with Crippen LogP contribution in [0.25, 0.3) is 0 Å². The Morgan fingerprint density at radius 3 is 2.86 bits per heavy atom. The van der Waals surface area contributed by atoms with E-state index in [2.05, 4.69) is 4.98 Å². The second kappa shape index (κ2) is 5.95. The van der Waals surface area contributed by atoms with E-state index in [0.717, 1.165) is 6.07 Å². The van der Waals surface area contributed by atoms with E-state index in [-0.39, 0.29) is 23.5 Å². The molecule has 0 atom stereocenters. The molecule has 7 nitrogen and oxygen atoms in total. The van der Waals surface area contributed by atoms with E-state index in [9.17, 15) is 19.3 Å². The smallest absolute Gasteiger partial charge is 0.339 e. The van der Waals surface area contributed by atoms with Crippen LogP contribution in [0.15, 0.2) is 36.7 Å². The molecule has 1 aromatic carbocycles. The number of nitro groups is 1. The average Bonchev–Trinajstić information content (AvgIpc) is 2.46. The van der Waals surface area contributed by atoms with Gasteiger partial charge in [0.05, 0.1) is 11.1 Å². The first-order valence-corrected chi connectivity index (χ1v) is 5.72. The fourth-order valence-corrected chi connectivity index (χ4v) is 1.65. The van der Waals surface area contributed by atoms with Gasteiger partial charge in [0, 0.05) is 17.8 Å². The number of rotatable bonds is 5. The zero-order valence-corrected chi connectivity index (χ0v) is 10.5. The maximum absolute atomic E-state index is 13.8. The van der Waals surface area contributed by atoms with Gasteiger partial charge in [-0.3, -0.25) is 15.1 Å². The van der Waals surface area contributed by atoms with Crippen molar-refractivity contribution in [2.45, 2.75) is 6.61 Å². The third-order valence-electron chi connectivity index (χ3n) is 2.65. The van der Waals surface area contributed by atoms with Crippen molar-refractivity contribution >= 4 is 11.7 Å². The monoisotopic (exact) mass is 292 g/mol. The zero-order chi connectivity index (χ0) is 15.4. The Labute approximate surface area is 117 Å². The lowest BCUT2D eigenvalue weighted by molar-refractivity contribution is -0.387. The van der Waals surface area contributed by atoms with E-state index < -0.39 is 22.4 Å².